The Morgan fingerprint density at radius 2 is 1.69 bits per heavy atom. The molecule has 0 unspecified atom stereocenters. The summed E-state index contributed by atoms with van der Waals surface area (Å²) in [5, 5.41) is 2.56. The van der Waals surface area contributed by atoms with Crippen molar-refractivity contribution in [1.82, 2.24) is 14.8 Å². The molecule has 0 radical (unpaired) electrons. The highest BCUT2D eigenvalue weighted by Crippen LogP contribution is 2.35. The highest BCUT2D eigenvalue weighted by molar-refractivity contribution is 6.42. The van der Waals surface area contributed by atoms with Crippen LogP contribution in [0.15, 0.2) is 48.5 Å². The Morgan fingerprint density at radius 3 is 2.34 bits per heavy atom. The first-order valence-electron chi connectivity index (χ1n) is 11.5. The smallest absolute Gasteiger partial charge is 0.253 e. The number of carbonyl (C=O) groups excluding carboxylic acids is 2. The van der Waals surface area contributed by atoms with Crippen LogP contribution in [0.25, 0.3) is 32.9 Å². The summed E-state index contributed by atoms with van der Waals surface area (Å²) >= 11 is 12.3. The molecule has 0 bridgehead atoms. The number of nitrogens with one attached hydrogen (secondary N) is 1. The molecule has 180 valence electrons. The number of nitrogens with zero attached hydrogens (tertiary/aromatic N) is 2. The highest BCUT2D eigenvalue weighted by atomic mass is 35.5. The number of fused-ring (bicyclic) bond motifs is 3. The third kappa shape index (κ3) is 4.38. The number of aromatic nitrogens is 1. The van der Waals surface area contributed by atoms with Gasteiger partial charge in [-0.05, 0) is 80.5 Å². The predicted molar refractivity (Wildman–Crippen MR) is 142 cm³/mol. The fourth-order valence-corrected chi connectivity index (χ4v) is 5.24. The number of H-pyrrole nitrogens is 1. The van der Waals surface area contributed by atoms with Crippen molar-refractivity contribution in [2.24, 2.45) is 5.73 Å². The van der Waals surface area contributed by atoms with Crippen LogP contribution in [0.3, 0.4) is 0 Å². The Balaban J connectivity index is 1.58. The van der Waals surface area contributed by atoms with Gasteiger partial charge < -0.3 is 20.5 Å². The van der Waals surface area contributed by atoms with Crippen molar-refractivity contribution >= 4 is 56.8 Å². The van der Waals surface area contributed by atoms with E-state index in [1.807, 2.05) is 35.2 Å². The molecule has 8 heteroatoms. The fraction of sp³-hybridized carbons (Fsp3) is 0.259. The maximum atomic E-state index is 13.3. The molecule has 5 rings (SSSR count). The van der Waals surface area contributed by atoms with Gasteiger partial charge in [0.25, 0.3) is 11.8 Å². The number of primary amides is 1. The Morgan fingerprint density at radius 1 is 0.943 bits per heavy atom. The molecule has 3 aromatic carbocycles. The summed E-state index contributed by atoms with van der Waals surface area (Å²) < 4.78 is 0. The summed E-state index contributed by atoms with van der Waals surface area (Å²) in [7, 11) is 4.17. The van der Waals surface area contributed by atoms with Gasteiger partial charge in [0.15, 0.2) is 0 Å². The molecule has 0 spiro atoms. The SMILES string of the molecule is CN(C)C1CCN(C(=O)c2ccc3[nH]c4c(C(N)=O)cc(-c5ccc(Cl)c(Cl)c5)cc4c3c2)CC1. The van der Waals surface area contributed by atoms with E-state index in [0.29, 0.717) is 32.7 Å². The van der Waals surface area contributed by atoms with Gasteiger partial charge in [-0.15, -0.1) is 0 Å². The monoisotopic (exact) mass is 508 g/mol. The molecule has 0 saturated carbocycles. The molecule has 0 aliphatic carbocycles. The van der Waals surface area contributed by atoms with Gasteiger partial charge in [0.2, 0.25) is 0 Å². The van der Waals surface area contributed by atoms with Gasteiger partial charge in [-0.2, -0.15) is 0 Å². The molecule has 4 aromatic rings. The van der Waals surface area contributed by atoms with Crippen LogP contribution in [0.1, 0.15) is 33.6 Å². The first-order chi connectivity index (χ1) is 16.7. The summed E-state index contributed by atoms with van der Waals surface area (Å²) in [5.41, 5.74) is 9.82. The van der Waals surface area contributed by atoms with Crippen LogP contribution in [0, 0.1) is 0 Å². The number of amides is 2. The number of rotatable bonds is 4. The number of halogens is 2. The topological polar surface area (TPSA) is 82.4 Å². The fourth-order valence-electron chi connectivity index (χ4n) is 4.94. The van der Waals surface area contributed by atoms with Crippen LogP contribution in [-0.4, -0.2) is 59.8 Å². The zero-order chi connectivity index (χ0) is 24.9. The third-order valence-corrected chi connectivity index (χ3v) is 7.69. The second-order valence-corrected chi connectivity index (χ2v) is 10.1. The number of carbonyl (C=O) groups is 2. The van der Waals surface area contributed by atoms with E-state index in [1.54, 1.807) is 18.2 Å². The maximum Gasteiger partial charge on any atom is 0.253 e. The van der Waals surface area contributed by atoms with E-state index in [0.717, 1.165) is 53.3 Å². The van der Waals surface area contributed by atoms with Gasteiger partial charge in [-0.25, -0.2) is 0 Å². The van der Waals surface area contributed by atoms with Crippen LogP contribution in [0.2, 0.25) is 10.0 Å². The predicted octanol–water partition coefficient (Wildman–Crippen LogP) is 5.56. The van der Waals surface area contributed by atoms with Crippen molar-refractivity contribution in [2.75, 3.05) is 27.2 Å². The standard InChI is InChI=1S/C27H26Cl2N4O2/c1-32(2)18-7-9-33(10-8-18)27(35)16-4-6-24-19(11-16)20-12-17(13-21(26(30)34)25(20)31-24)15-3-5-22(28)23(29)14-15/h3-6,11-14,18,31H,7-10H2,1-2H3,(H2,30,34). The summed E-state index contributed by atoms with van der Waals surface area (Å²) in [6.07, 6.45) is 1.92. The van der Waals surface area contributed by atoms with Crippen LogP contribution >= 0.6 is 23.2 Å². The molecule has 2 amide bonds. The largest absolute Gasteiger partial charge is 0.366 e. The minimum Gasteiger partial charge on any atom is -0.366 e. The zero-order valence-corrected chi connectivity index (χ0v) is 21.1. The molecule has 3 N–H and O–H groups in total. The first-order valence-corrected chi connectivity index (χ1v) is 12.3. The molecule has 2 heterocycles. The average Bonchev–Trinajstić information content (AvgIpc) is 3.22. The number of piperidine rings is 1. The second kappa shape index (κ2) is 9.19. The quantitative estimate of drug-likeness (QED) is 0.378. The normalized spacial score (nSPS) is 14.8. The molecule has 1 saturated heterocycles. The number of aromatic amines is 1. The molecule has 1 aliphatic rings. The lowest BCUT2D eigenvalue weighted by molar-refractivity contribution is 0.0663. The van der Waals surface area contributed by atoms with E-state index in [2.05, 4.69) is 24.0 Å². The summed E-state index contributed by atoms with van der Waals surface area (Å²) in [6, 6.07) is 15.2. The number of hydrogen-bond acceptors (Lipinski definition) is 3. The van der Waals surface area contributed by atoms with Crippen LogP contribution < -0.4 is 5.73 Å². The molecule has 1 aliphatic heterocycles. The number of benzene rings is 3. The second-order valence-electron chi connectivity index (χ2n) is 9.31. The minimum absolute atomic E-state index is 0.0224. The molecular weight excluding hydrogens is 483 g/mol. The summed E-state index contributed by atoms with van der Waals surface area (Å²) in [4.78, 5) is 33.1. The van der Waals surface area contributed by atoms with Crippen molar-refractivity contribution in [2.45, 2.75) is 18.9 Å². The van der Waals surface area contributed by atoms with Crippen LogP contribution in [-0.2, 0) is 0 Å². The number of nitrogens with two attached hydrogens (primary N) is 1. The van der Waals surface area contributed by atoms with Gasteiger partial charge >= 0.3 is 0 Å². The minimum atomic E-state index is -0.538. The lowest BCUT2D eigenvalue weighted by atomic mass is 9.98. The Labute approximate surface area is 213 Å². The third-order valence-electron chi connectivity index (χ3n) is 6.96. The highest BCUT2D eigenvalue weighted by Gasteiger charge is 2.25. The lowest BCUT2D eigenvalue weighted by Crippen LogP contribution is -2.44. The van der Waals surface area contributed by atoms with Crippen molar-refractivity contribution in [3.8, 4) is 11.1 Å². The molecule has 0 atom stereocenters. The molecular formula is C27H26Cl2N4O2. The Bertz CT molecular complexity index is 1470. The van der Waals surface area contributed by atoms with Crippen molar-refractivity contribution in [3.05, 3.63) is 69.7 Å². The maximum absolute atomic E-state index is 13.3. The van der Waals surface area contributed by atoms with Crippen molar-refractivity contribution in [1.29, 1.82) is 0 Å². The lowest BCUT2D eigenvalue weighted by Gasteiger charge is -2.35. The Kier molecular flexibility index (Phi) is 6.21. The van der Waals surface area contributed by atoms with E-state index in [-0.39, 0.29) is 5.91 Å². The molecule has 1 fully saturated rings. The van der Waals surface area contributed by atoms with E-state index in [9.17, 15) is 9.59 Å². The van der Waals surface area contributed by atoms with Gasteiger partial charge in [-0.1, -0.05) is 29.3 Å². The van der Waals surface area contributed by atoms with Gasteiger partial charge in [0.1, 0.15) is 0 Å². The van der Waals surface area contributed by atoms with Crippen molar-refractivity contribution in [3.63, 3.8) is 0 Å². The number of likely N-dealkylation sites (tertiary alicyclic amines) is 1. The Hall–Kier alpha value is -3.06. The zero-order valence-electron chi connectivity index (χ0n) is 19.6. The van der Waals surface area contributed by atoms with E-state index in [1.165, 1.54) is 0 Å². The van der Waals surface area contributed by atoms with Crippen LogP contribution in [0.5, 0.6) is 0 Å². The first kappa shape index (κ1) is 23.7. The van der Waals surface area contributed by atoms with Gasteiger partial charge in [0, 0.05) is 41.0 Å². The average molecular weight is 509 g/mol. The van der Waals surface area contributed by atoms with E-state index in [4.69, 9.17) is 28.9 Å². The molecule has 1 aromatic heterocycles. The number of hydrogen-bond donors (Lipinski definition) is 2. The van der Waals surface area contributed by atoms with E-state index >= 15 is 0 Å². The summed E-state index contributed by atoms with van der Waals surface area (Å²) in [6.45, 7) is 1.47. The van der Waals surface area contributed by atoms with Gasteiger partial charge in [-0.3, -0.25) is 9.59 Å². The van der Waals surface area contributed by atoms with Gasteiger partial charge in [0.05, 0.1) is 21.1 Å². The van der Waals surface area contributed by atoms with E-state index < -0.39 is 5.91 Å². The van der Waals surface area contributed by atoms with Crippen molar-refractivity contribution < 1.29 is 9.59 Å². The summed E-state index contributed by atoms with van der Waals surface area (Å²) in [5.74, 6) is -0.516. The molecule has 35 heavy (non-hydrogen) atoms. The molecule has 6 nitrogen and oxygen atoms in total. The van der Waals surface area contributed by atoms with Crippen LogP contribution in [0.4, 0.5) is 0 Å².